The van der Waals surface area contributed by atoms with Gasteiger partial charge in [0.15, 0.2) is 0 Å². The van der Waals surface area contributed by atoms with Gasteiger partial charge in [-0.2, -0.15) is 0 Å². The quantitative estimate of drug-likeness (QED) is 0.527. The van der Waals surface area contributed by atoms with Crippen LogP contribution < -0.4 is 5.32 Å². The summed E-state index contributed by atoms with van der Waals surface area (Å²) in [5.41, 5.74) is 3.22. The lowest BCUT2D eigenvalue weighted by Gasteiger charge is -2.20. The highest BCUT2D eigenvalue weighted by atomic mass is 19.1. The number of nitrogens with one attached hydrogen (secondary N) is 1. The van der Waals surface area contributed by atoms with E-state index in [0.717, 1.165) is 11.1 Å². The van der Waals surface area contributed by atoms with Crippen LogP contribution in [0.25, 0.3) is 11.3 Å². The minimum absolute atomic E-state index is 0.0281. The maximum atomic E-state index is 14.3. The van der Waals surface area contributed by atoms with Crippen LogP contribution in [0.5, 0.6) is 0 Å². The number of hydrogen-bond acceptors (Lipinski definition) is 4. The summed E-state index contributed by atoms with van der Waals surface area (Å²) in [6, 6.07) is 19.9. The summed E-state index contributed by atoms with van der Waals surface area (Å²) in [4.78, 5) is 19.1. The minimum Gasteiger partial charge on any atom is -0.395 e. The first-order chi connectivity index (χ1) is 15.4. The van der Waals surface area contributed by atoms with Gasteiger partial charge in [-0.3, -0.25) is 4.79 Å². The molecule has 1 amide bonds. The van der Waals surface area contributed by atoms with E-state index < -0.39 is 5.82 Å². The Morgan fingerprint density at radius 1 is 1.09 bits per heavy atom. The molecule has 0 aliphatic heterocycles. The monoisotopic (exact) mass is 435 g/mol. The lowest BCUT2D eigenvalue weighted by molar-refractivity contribution is 0.0785. The van der Waals surface area contributed by atoms with Crippen molar-refractivity contribution in [3.05, 3.63) is 89.4 Å². The molecule has 2 N–H and O–H groups in total. The molecule has 2 aromatic carbocycles. The zero-order valence-electron chi connectivity index (χ0n) is 18.8. The molecule has 6 heteroatoms. The summed E-state index contributed by atoms with van der Waals surface area (Å²) in [5.74, 6) is -0.291. The van der Waals surface area contributed by atoms with Gasteiger partial charge < -0.3 is 15.3 Å². The number of benzene rings is 2. The summed E-state index contributed by atoms with van der Waals surface area (Å²) in [6.45, 7) is 4.67. The molecule has 0 fully saturated rings. The van der Waals surface area contributed by atoms with E-state index in [1.54, 1.807) is 30.1 Å². The molecule has 0 radical (unpaired) electrons. The summed E-state index contributed by atoms with van der Waals surface area (Å²) < 4.78 is 14.3. The van der Waals surface area contributed by atoms with Crippen LogP contribution in [0, 0.1) is 11.7 Å². The SMILES string of the molecule is CC(C)[C@H](CO)NCc1nc(-c2cccc(C(=O)N(C)Cc3ccccc3)c2)ccc1F. The van der Waals surface area contributed by atoms with Gasteiger partial charge in [0.25, 0.3) is 5.91 Å². The van der Waals surface area contributed by atoms with E-state index in [9.17, 15) is 14.3 Å². The summed E-state index contributed by atoms with van der Waals surface area (Å²) in [7, 11) is 1.77. The second-order valence-corrected chi connectivity index (χ2v) is 8.27. The maximum Gasteiger partial charge on any atom is 0.253 e. The van der Waals surface area contributed by atoms with E-state index in [1.165, 1.54) is 6.07 Å². The molecule has 5 nitrogen and oxygen atoms in total. The van der Waals surface area contributed by atoms with Crippen LogP contribution in [-0.2, 0) is 13.1 Å². The highest BCUT2D eigenvalue weighted by Gasteiger charge is 2.16. The van der Waals surface area contributed by atoms with Crippen LogP contribution >= 0.6 is 0 Å². The fraction of sp³-hybridized carbons (Fsp3) is 0.308. The highest BCUT2D eigenvalue weighted by Crippen LogP contribution is 2.21. The van der Waals surface area contributed by atoms with Crippen LogP contribution in [-0.4, -0.2) is 40.6 Å². The largest absolute Gasteiger partial charge is 0.395 e. The zero-order chi connectivity index (χ0) is 23.1. The predicted octanol–water partition coefficient (Wildman–Crippen LogP) is 4.27. The highest BCUT2D eigenvalue weighted by molar-refractivity contribution is 5.95. The van der Waals surface area contributed by atoms with Crippen molar-refractivity contribution in [1.29, 1.82) is 0 Å². The molecule has 0 unspecified atom stereocenters. The second kappa shape index (κ2) is 11.0. The van der Waals surface area contributed by atoms with Crippen molar-refractivity contribution in [2.75, 3.05) is 13.7 Å². The minimum atomic E-state index is -0.406. The molecule has 0 saturated carbocycles. The fourth-order valence-corrected chi connectivity index (χ4v) is 3.47. The molecule has 32 heavy (non-hydrogen) atoms. The molecular formula is C26H30FN3O2. The van der Waals surface area contributed by atoms with Gasteiger partial charge in [-0.15, -0.1) is 0 Å². The number of halogens is 1. The molecule has 3 aromatic rings. The number of hydrogen-bond donors (Lipinski definition) is 2. The third kappa shape index (κ3) is 5.99. The van der Waals surface area contributed by atoms with Gasteiger partial charge in [0.1, 0.15) is 5.82 Å². The Kier molecular flexibility index (Phi) is 8.09. The molecule has 1 aromatic heterocycles. The number of aliphatic hydroxyl groups is 1. The number of carbonyl (C=O) groups is 1. The molecule has 0 aliphatic rings. The third-order valence-electron chi connectivity index (χ3n) is 5.47. The van der Waals surface area contributed by atoms with Crippen molar-refractivity contribution in [3.8, 4) is 11.3 Å². The normalized spacial score (nSPS) is 12.1. The summed E-state index contributed by atoms with van der Waals surface area (Å²) in [5, 5.41) is 12.6. The number of amides is 1. The topological polar surface area (TPSA) is 65.5 Å². The number of nitrogens with zero attached hydrogens (tertiary/aromatic N) is 2. The van der Waals surface area contributed by atoms with E-state index in [-0.39, 0.29) is 36.7 Å². The number of carbonyl (C=O) groups excluding carboxylic acids is 1. The Balaban J connectivity index is 1.77. The first-order valence-corrected chi connectivity index (χ1v) is 10.8. The van der Waals surface area contributed by atoms with Gasteiger partial charge >= 0.3 is 0 Å². The molecule has 3 rings (SSSR count). The zero-order valence-corrected chi connectivity index (χ0v) is 18.8. The van der Waals surface area contributed by atoms with E-state index in [4.69, 9.17) is 0 Å². The smallest absolute Gasteiger partial charge is 0.253 e. The third-order valence-corrected chi connectivity index (χ3v) is 5.47. The van der Waals surface area contributed by atoms with Gasteiger partial charge in [-0.05, 0) is 35.7 Å². The van der Waals surface area contributed by atoms with Gasteiger partial charge in [0.05, 0.1) is 18.0 Å². The standard InChI is InChI=1S/C26H30FN3O2/c1-18(2)25(17-31)28-15-24-22(27)12-13-23(29-24)20-10-7-11-21(14-20)26(32)30(3)16-19-8-5-4-6-9-19/h4-14,18,25,28,31H,15-17H2,1-3H3/t25-/m0/s1. The fourth-order valence-electron chi connectivity index (χ4n) is 3.47. The van der Waals surface area contributed by atoms with Crippen LogP contribution in [0.15, 0.2) is 66.7 Å². The van der Waals surface area contributed by atoms with E-state index in [1.807, 2.05) is 56.3 Å². The Morgan fingerprint density at radius 2 is 1.84 bits per heavy atom. The molecule has 0 bridgehead atoms. The van der Waals surface area contributed by atoms with Gasteiger partial charge in [0.2, 0.25) is 0 Å². The van der Waals surface area contributed by atoms with Crippen LogP contribution in [0.4, 0.5) is 4.39 Å². The predicted molar refractivity (Wildman–Crippen MR) is 124 cm³/mol. The molecular weight excluding hydrogens is 405 g/mol. The molecule has 0 spiro atoms. The molecule has 0 saturated heterocycles. The Hall–Kier alpha value is -3.09. The van der Waals surface area contributed by atoms with E-state index >= 15 is 0 Å². The van der Waals surface area contributed by atoms with Crippen molar-refractivity contribution in [2.24, 2.45) is 5.92 Å². The first-order valence-electron chi connectivity index (χ1n) is 10.8. The Morgan fingerprint density at radius 3 is 2.53 bits per heavy atom. The van der Waals surface area contributed by atoms with Crippen molar-refractivity contribution in [2.45, 2.75) is 33.0 Å². The Bertz CT molecular complexity index is 1040. The summed E-state index contributed by atoms with van der Waals surface area (Å²) in [6.07, 6.45) is 0. The van der Waals surface area contributed by atoms with Crippen LogP contribution in [0.1, 0.15) is 35.5 Å². The maximum absolute atomic E-state index is 14.3. The van der Waals surface area contributed by atoms with Crippen molar-refractivity contribution < 1.29 is 14.3 Å². The van der Waals surface area contributed by atoms with Crippen molar-refractivity contribution in [3.63, 3.8) is 0 Å². The van der Waals surface area contributed by atoms with E-state index in [2.05, 4.69) is 10.3 Å². The number of rotatable bonds is 9. The van der Waals surface area contributed by atoms with Crippen LogP contribution in [0.2, 0.25) is 0 Å². The summed E-state index contributed by atoms with van der Waals surface area (Å²) >= 11 is 0. The average Bonchev–Trinajstić information content (AvgIpc) is 2.80. The van der Waals surface area contributed by atoms with Gasteiger partial charge in [-0.1, -0.05) is 56.3 Å². The Labute approximate surface area is 188 Å². The van der Waals surface area contributed by atoms with E-state index in [0.29, 0.717) is 17.8 Å². The lowest BCUT2D eigenvalue weighted by Crippen LogP contribution is -2.36. The molecule has 168 valence electrons. The number of pyridine rings is 1. The van der Waals surface area contributed by atoms with Crippen LogP contribution in [0.3, 0.4) is 0 Å². The van der Waals surface area contributed by atoms with Crippen molar-refractivity contribution >= 4 is 5.91 Å². The average molecular weight is 436 g/mol. The van der Waals surface area contributed by atoms with Gasteiger partial charge in [0, 0.05) is 37.3 Å². The van der Waals surface area contributed by atoms with Gasteiger partial charge in [-0.25, -0.2) is 9.37 Å². The molecule has 0 aliphatic carbocycles. The molecule has 1 heterocycles. The molecule has 1 atom stereocenters. The second-order valence-electron chi connectivity index (χ2n) is 8.27. The number of aliphatic hydroxyl groups excluding tert-OH is 1. The first kappa shape index (κ1) is 23.6. The number of aromatic nitrogens is 1. The van der Waals surface area contributed by atoms with Crippen molar-refractivity contribution in [1.82, 2.24) is 15.2 Å². The lowest BCUT2D eigenvalue weighted by atomic mass is 10.0.